The lowest BCUT2D eigenvalue weighted by Crippen LogP contribution is -2.41. The third kappa shape index (κ3) is 4.17. The van der Waals surface area contributed by atoms with Crippen LogP contribution in [-0.4, -0.2) is 63.1 Å². The van der Waals surface area contributed by atoms with Gasteiger partial charge in [0.1, 0.15) is 0 Å². The van der Waals surface area contributed by atoms with E-state index in [1.165, 1.54) is 5.56 Å². The summed E-state index contributed by atoms with van der Waals surface area (Å²) < 4.78 is 16.5. The Hall–Kier alpha value is -2.86. The number of hydrogen-bond acceptors (Lipinski definition) is 6. The third-order valence-electron chi connectivity index (χ3n) is 6.02. The van der Waals surface area contributed by atoms with Crippen LogP contribution in [0.4, 0.5) is 0 Å². The van der Waals surface area contributed by atoms with Crippen molar-refractivity contribution in [1.29, 1.82) is 0 Å². The summed E-state index contributed by atoms with van der Waals surface area (Å²) in [5.74, 6) is 1.43. The number of ether oxygens (including phenoxy) is 3. The molecule has 31 heavy (non-hydrogen) atoms. The van der Waals surface area contributed by atoms with Crippen LogP contribution in [0.3, 0.4) is 0 Å². The predicted octanol–water partition coefficient (Wildman–Crippen LogP) is 3.91. The summed E-state index contributed by atoms with van der Waals surface area (Å²) in [4.78, 5) is 19.8. The molecule has 6 heteroatoms. The number of likely N-dealkylation sites (N-methyl/N-ethyl adjacent to an activating group) is 1. The second-order valence-electron chi connectivity index (χ2n) is 8.53. The molecule has 2 atom stereocenters. The van der Waals surface area contributed by atoms with E-state index in [1.54, 1.807) is 14.2 Å². The molecule has 0 radical (unpaired) electrons. The number of esters is 1. The molecule has 1 saturated heterocycles. The Balaban J connectivity index is 1.77. The molecule has 0 saturated carbocycles. The van der Waals surface area contributed by atoms with Crippen LogP contribution in [0.15, 0.2) is 41.4 Å². The summed E-state index contributed by atoms with van der Waals surface area (Å²) in [6.45, 7) is 5.68. The first-order chi connectivity index (χ1) is 14.9. The van der Waals surface area contributed by atoms with E-state index in [-0.39, 0.29) is 18.1 Å². The number of likely N-dealkylation sites (tertiary alicyclic amines) is 1. The van der Waals surface area contributed by atoms with Gasteiger partial charge >= 0.3 is 5.97 Å². The van der Waals surface area contributed by atoms with Crippen molar-refractivity contribution < 1.29 is 19.0 Å². The Bertz CT molecular complexity index is 997. The van der Waals surface area contributed by atoms with Crippen molar-refractivity contribution in [3.63, 3.8) is 0 Å². The van der Waals surface area contributed by atoms with E-state index in [0.717, 1.165) is 42.1 Å². The predicted molar refractivity (Wildman–Crippen MR) is 121 cm³/mol. The maximum atomic E-state index is 12.2. The first-order valence-corrected chi connectivity index (χ1v) is 10.7. The van der Waals surface area contributed by atoms with E-state index in [1.807, 2.05) is 44.2 Å². The lowest BCUT2D eigenvalue weighted by molar-refractivity contribution is 0.0378. The number of hydrogen-bond donors (Lipinski definition) is 0. The van der Waals surface area contributed by atoms with Gasteiger partial charge in [-0.15, -0.1) is 0 Å². The second-order valence-corrected chi connectivity index (χ2v) is 8.53. The molecule has 164 valence electrons. The van der Waals surface area contributed by atoms with Crippen molar-refractivity contribution in [2.24, 2.45) is 4.99 Å². The SMILES string of the molecule is COc1cc2c(cc1OC)[C@@H]1CN(C)CC[C@@H]1N=C2c1ccc(C(=O)OC(C)C)cc1. The number of aliphatic imine (C=N–C) groups is 1. The van der Waals surface area contributed by atoms with Crippen LogP contribution >= 0.6 is 0 Å². The number of methoxy groups -OCH3 is 2. The highest BCUT2D eigenvalue weighted by atomic mass is 16.5. The molecule has 2 heterocycles. The summed E-state index contributed by atoms with van der Waals surface area (Å²) in [6.07, 6.45) is 0.864. The molecule has 0 amide bonds. The molecule has 1 fully saturated rings. The maximum absolute atomic E-state index is 12.2. The minimum atomic E-state index is -0.311. The third-order valence-corrected chi connectivity index (χ3v) is 6.02. The molecular formula is C25H30N2O4. The molecule has 0 N–H and O–H groups in total. The normalized spacial score (nSPS) is 20.5. The van der Waals surface area contributed by atoms with Crippen LogP contribution in [0.5, 0.6) is 11.5 Å². The van der Waals surface area contributed by atoms with E-state index < -0.39 is 0 Å². The topological polar surface area (TPSA) is 60.4 Å². The smallest absolute Gasteiger partial charge is 0.338 e. The van der Waals surface area contributed by atoms with Gasteiger partial charge in [-0.2, -0.15) is 0 Å². The van der Waals surface area contributed by atoms with Gasteiger partial charge in [0, 0.05) is 23.6 Å². The van der Waals surface area contributed by atoms with Crippen molar-refractivity contribution in [2.75, 3.05) is 34.4 Å². The molecule has 0 spiro atoms. The summed E-state index contributed by atoms with van der Waals surface area (Å²) in [5, 5.41) is 0. The average molecular weight is 423 g/mol. The van der Waals surface area contributed by atoms with Crippen LogP contribution < -0.4 is 9.47 Å². The van der Waals surface area contributed by atoms with Crippen molar-refractivity contribution >= 4 is 11.7 Å². The second kappa shape index (κ2) is 8.71. The van der Waals surface area contributed by atoms with Gasteiger partial charge in [-0.05, 0) is 63.7 Å². The van der Waals surface area contributed by atoms with Crippen molar-refractivity contribution in [3.05, 3.63) is 58.7 Å². The molecule has 2 aromatic rings. The Morgan fingerprint density at radius 3 is 2.42 bits per heavy atom. The number of carbonyl (C=O) groups excluding carboxylic acids is 1. The quantitative estimate of drug-likeness (QED) is 0.684. The number of fused-ring (bicyclic) bond motifs is 3. The lowest BCUT2D eigenvalue weighted by Gasteiger charge is -2.39. The minimum absolute atomic E-state index is 0.148. The Morgan fingerprint density at radius 2 is 1.77 bits per heavy atom. The fourth-order valence-electron chi connectivity index (χ4n) is 4.48. The van der Waals surface area contributed by atoms with E-state index >= 15 is 0 Å². The lowest BCUT2D eigenvalue weighted by atomic mass is 9.79. The van der Waals surface area contributed by atoms with E-state index in [2.05, 4.69) is 18.0 Å². The highest BCUT2D eigenvalue weighted by Gasteiger charge is 2.36. The number of nitrogens with zero attached hydrogens (tertiary/aromatic N) is 2. The highest BCUT2D eigenvalue weighted by molar-refractivity contribution is 6.15. The van der Waals surface area contributed by atoms with Crippen LogP contribution in [0.25, 0.3) is 0 Å². The highest BCUT2D eigenvalue weighted by Crippen LogP contribution is 2.42. The molecule has 0 unspecified atom stereocenters. The molecule has 2 aliphatic rings. The number of piperidine rings is 1. The number of rotatable bonds is 5. The molecular weight excluding hydrogens is 392 g/mol. The molecule has 0 aromatic heterocycles. The van der Waals surface area contributed by atoms with Gasteiger partial charge < -0.3 is 19.1 Å². The minimum Gasteiger partial charge on any atom is -0.493 e. The largest absolute Gasteiger partial charge is 0.493 e. The number of benzene rings is 2. The zero-order valence-electron chi connectivity index (χ0n) is 18.8. The first-order valence-electron chi connectivity index (χ1n) is 10.7. The van der Waals surface area contributed by atoms with Gasteiger partial charge in [-0.25, -0.2) is 4.79 Å². The molecule has 4 rings (SSSR count). The van der Waals surface area contributed by atoms with Crippen molar-refractivity contribution in [1.82, 2.24) is 4.90 Å². The monoisotopic (exact) mass is 422 g/mol. The van der Waals surface area contributed by atoms with Gasteiger partial charge in [0.05, 0.1) is 37.6 Å². The zero-order chi connectivity index (χ0) is 22.1. The van der Waals surface area contributed by atoms with Crippen LogP contribution in [-0.2, 0) is 4.74 Å². The maximum Gasteiger partial charge on any atom is 0.338 e. The van der Waals surface area contributed by atoms with E-state index in [9.17, 15) is 4.79 Å². The van der Waals surface area contributed by atoms with Crippen molar-refractivity contribution in [2.45, 2.75) is 38.3 Å². The average Bonchev–Trinajstić information content (AvgIpc) is 2.77. The fourth-order valence-corrected chi connectivity index (χ4v) is 4.48. The van der Waals surface area contributed by atoms with Crippen LogP contribution in [0, 0.1) is 0 Å². The standard InChI is InChI=1S/C25H30N2O4/c1-15(2)31-25(28)17-8-6-16(7-9-17)24-19-13-23(30-5)22(29-4)12-18(19)20-14-27(3)11-10-21(20)26-24/h6-9,12-13,15,20-21H,10-11,14H2,1-5H3/t20-,21-/m0/s1. The Morgan fingerprint density at radius 1 is 1.10 bits per heavy atom. The Labute approximate surface area is 183 Å². The van der Waals surface area contributed by atoms with E-state index in [4.69, 9.17) is 19.2 Å². The molecule has 2 aliphatic heterocycles. The Kier molecular flexibility index (Phi) is 6.01. The molecule has 6 nitrogen and oxygen atoms in total. The van der Waals surface area contributed by atoms with Gasteiger partial charge in [0.25, 0.3) is 0 Å². The summed E-state index contributed by atoms with van der Waals surface area (Å²) in [5.41, 5.74) is 4.75. The molecule has 0 aliphatic carbocycles. The van der Waals surface area contributed by atoms with Gasteiger partial charge in [0.2, 0.25) is 0 Å². The summed E-state index contributed by atoms with van der Waals surface area (Å²) >= 11 is 0. The van der Waals surface area contributed by atoms with E-state index in [0.29, 0.717) is 17.2 Å². The first kappa shape index (κ1) is 21.4. The molecule has 2 aromatic carbocycles. The molecule has 0 bridgehead atoms. The fraction of sp³-hybridized carbons (Fsp3) is 0.440. The van der Waals surface area contributed by atoms with Gasteiger partial charge in [-0.1, -0.05) is 12.1 Å². The van der Waals surface area contributed by atoms with Gasteiger partial charge in [-0.3, -0.25) is 4.99 Å². The van der Waals surface area contributed by atoms with Crippen LogP contribution in [0.1, 0.15) is 53.2 Å². The summed E-state index contributed by atoms with van der Waals surface area (Å²) in [6, 6.07) is 11.9. The van der Waals surface area contributed by atoms with Crippen LogP contribution in [0.2, 0.25) is 0 Å². The summed E-state index contributed by atoms with van der Waals surface area (Å²) in [7, 11) is 5.47. The van der Waals surface area contributed by atoms with Crippen molar-refractivity contribution in [3.8, 4) is 11.5 Å². The number of carbonyl (C=O) groups is 1. The van der Waals surface area contributed by atoms with Gasteiger partial charge in [0.15, 0.2) is 11.5 Å². The zero-order valence-corrected chi connectivity index (χ0v) is 18.8.